The number of rotatable bonds is 4. The molecule has 0 unspecified atom stereocenters. The fourth-order valence-electron chi connectivity index (χ4n) is 3.58. The Bertz CT molecular complexity index is 624. The lowest BCUT2D eigenvalue weighted by Crippen LogP contribution is -2.00. The summed E-state index contributed by atoms with van der Waals surface area (Å²) in [5, 5.41) is 0. The van der Waals surface area contributed by atoms with E-state index in [0.29, 0.717) is 0 Å². The van der Waals surface area contributed by atoms with Crippen molar-refractivity contribution in [3.63, 3.8) is 0 Å². The van der Waals surface area contributed by atoms with Gasteiger partial charge in [0.1, 0.15) is 0 Å². The van der Waals surface area contributed by atoms with Crippen LogP contribution in [0.3, 0.4) is 0 Å². The van der Waals surface area contributed by atoms with Gasteiger partial charge >= 0.3 is 0 Å². The molecule has 0 radical (unpaired) electrons. The molecule has 22 heavy (non-hydrogen) atoms. The maximum atomic E-state index is 4.79. The van der Waals surface area contributed by atoms with E-state index in [2.05, 4.69) is 50.2 Å². The SMILES string of the molecule is CCCC(CCC)=C1c2ccccc2CCc2cccnc21. The maximum Gasteiger partial charge on any atom is 0.0739 e. The number of pyridine rings is 1. The van der Waals surface area contributed by atoms with Crippen LogP contribution in [0.25, 0.3) is 5.57 Å². The number of benzene rings is 1. The number of fused-ring (bicyclic) bond motifs is 2. The van der Waals surface area contributed by atoms with Crippen molar-refractivity contribution in [1.82, 2.24) is 4.98 Å². The molecule has 1 heteroatoms. The molecule has 0 N–H and O–H groups in total. The topological polar surface area (TPSA) is 12.9 Å². The van der Waals surface area contributed by atoms with Gasteiger partial charge in [0.05, 0.1) is 5.69 Å². The number of aryl methyl sites for hydroxylation is 2. The van der Waals surface area contributed by atoms with Gasteiger partial charge < -0.3 is 0 Å². The summed E-state index contributed by atoms with van der Waals surface area (Å²) < 4.78 is 0. The molecule has 0 atom stereocenters. The van der Waals surface area contributed by atoms with E-state index < -0.39 is 0 Å². The summed E-state index contributed by atoms with van der Waals surface area (Å²) >= 11 is 0. The molecule has 1 nitrogen and oxygen atoms in total. The summed E-state index contributed by atoms with van der Waals surface area (Å²) in [4.78, 5) is 4.79. The molecular weight excluding hydrogens is 266 g/mol. The molecule has 0 spiro atoms. The highest BCUT2D eigenvalue weighted by molar-refractivity contribution is 5.84. The summed E-state index contributed by atoms with van der Waals surface area (Å²) in [6.45, 7) is 4.55. The van der Waals surface area contributed by atoms with Crippen LogP contribution in [0, 0.1) is 0 Å². The molecule has 1 aliphatic carbocycles. The third kappa shape index (κ3) is 2.85. The molecule has 1 aromatic heterocycles. The number of nitrogens with zero attached hydrogens (tertiary/aromatic N) is 1. The largest absolute Gasteiger partial charge is 0.256 e. The molecule has 1 heterocycles. The van der Waals surface area contributed by atoms with Crippen LogP contribution in [-0.4, -0.2) is 4.98 Å². The smallest absolute Gasteiger partial charge is 0.0739 e. The van der Waals surface area contributed by atoms with Crippen LogP contribution >= 0.6 is 0 Å². The zero-order chi connectivity index (χ0) is 15.4. The molecule has 1 aromatic carbocycles. The van der Waals surface area contributed by atoms with E-state index in [1.54, 1.807) is 5.57 Å². The highest BCUT2D eigenvalue weighted by Crippen LogP contribution is 2.36. The Hall–Kier alpha value is -1.89. The molecule has 0 fully saturated rings. The van der Waals surface area contributed by atoms with Crippen LogP contribution < -0.4 is 0 Å². The van der Waals surface area contributed by atoms with E-state index >= 15 is 0 Å². The summed E-state index contributed by atoms with van der Waals surface area (Å²) in [5.41, 5.74) is 8.52. The molecule has 114 valence electrons. The molecular formula is C21H25N. The highest BCUT2D eigenvalue weighted by atomic mass is 14.7. The molecule has 0 aliphatic heterocycles. The van der Waals surface area contributed by atoms with Crippen LogP contribution in [-0.2, 0) is 12.8 Å². The Balaban J connectivity index is 2.27. The van der Waals surface area contributed by atoms with Gasteiger partial charge in [0, 0.05) is 11.8 Å². The molecule has 0 saturated heterocycles. The quantitative estimate of drug-likeness (QED) is 0.716. The van der Waals surface area contributed by atoms with Gasteiger partial charge in [-0.25, -0.2) is 0 Å². The fourth-order valence-corrected chi connectivity index (χ4v) is 3.58. The maximum absolute atomic E-state index is 4.79. The van der Waals surface area contributed by atoms with Crippen molar-refractivity contribution in [3.05, 3.63) is 70.6 Å². The summed E-state index contributed by atoms with van der Waals surface area (Å²) in [7, 11) is 0. The first-order valence-electron chi connectivity index (χ1n) is 8.59. The van der Waals surface area contributed by atoms with Gasteiger partial charge in [0.2, 0.25) is 0 Å². The molecule has 0 amide bonds. The number of allylic oxidation sites excluding steroid dienone is 1. The van der Waals surface area contributed by atoms with E-state index in [9.17, 15) is 0 Å². The van der Waals surface area contributed by atoms with Crippen LogP contribution in [0.1, 0.15) is 61.9 Å². The van der Waals surface area contributed by atoms with E-state index in [0.717, 1.165) is 12.8 Å². The summed E-state index contributed by atoms with van der Waals surface area (Å²) in [5.74, 6) is 0. The van der Waals surface area contributed by atoms with Gasteiger partial charge in [-0.05, 0) is 48.4 Å². The highest BCUT2D eigenvalue weighted by Gasteiger charge is 2.21. The van der Waals surface area contributed by atoms with Gasteiger partial charge in [-0.1, -0.05) is 62.6 Å². The predicted octanol–water partition coefficient (Wildman–Crippen LogP) is 5.58. The van der Waals surface area contributed by atoms with Gasteiger partial charge in [0.25, 0.3) is 0 Å². The fraction of sp³-hybridized carbons (Fsp3) is 0.381. The second kappa shape index (κ2) is 6.91. The second-order valence-corrected chi connectivity index (χ2v) is 6.15. The van der Waals surface area contributed by atoms with E-state index in [1.165, 1.54) is 53.6 Å². The zero-order valence-corrected chi connectivity index (χ0v) is 13.7. The monoisotopic (exact) mass is 291 g/mol. The molecule has 2 aromatic rings. The summed E-state index contributed by atoms with van der Waals surface area (Å²) in [6.07, 6.45) is 8.90. The molecule has 0 saturated carbocycles. The Labute approximate surface area is 134 Å². The Morgan fingerprint density at radius 1 is 0.909 bits per heavy atom. The van der Waals surface area contributed by atoms with Crippen molar-refractivity contribution in [2.24, 2.45) is 0 Å². The standard InChI is InChI=1S/C21H25N/c1-3-8-17(9-4-2)20-19-12-6-5-10-16(19)13-14-18-11-7-15-22-21(18)20/h5-7,10-12,15H,3-4,8-9,13-14H2,1-2H3. The molecule has 3 rings (SSSR count). The van der Waals surface area contributed by atoms with Crippen molar-refractivity contribution in [2.45, 2.75) is 52.4 Å². The first-order chi connectivity index (χ1) is 10.8. The van der Waals surface area contributed by atoms with E-state index in [-0.39, 0.29) is 0 Å². The van der Waals surface area contributed by atoms with Gasteiger partial charge in [0.15, 0.2) is 0 Å². The normalized spacial score (nSPS) is 13.3. The zero-order valence-electron chi connectivity index (χ0n) is 13.7. The van der Waals surface area contributed by atoms with Gasteiger partial charge in [-0.2, -0.15) is 0 Å². The lowest BCUT2D eigenvalue weighted by atomic mass is 9.89. The minimum Gasteiger partial charge on any atom is -0.256 e. The van der Waals surface area contributed by atoms with Crippen LogP contribution in [0.2, 0.25) is 0 Å². The lowest BCUT2D eigenvalue weighted by Gasteiger charge is -2.17. The number of hydrogen-bond acceptors (Lipinski definition) is 1. The molecule has 0 bridgehead atoms. The van der Waals surface area contributed by atoms with Crippen LogP contribution in [0.4, 0.5) is 0 Å². The number of hydrogen-bond donors (Lipinski definition) is 0. The van der Waals surface area contributed by atoms with Crippen molar-refractivity contribution >= 4 is 5.57 Å². The second-order valence-electron chi connectivity index (χ2n) is 6.15. The van der Waals surface area contributed by atoms with Crippen LogP contribution in [0.5, 0.6) is 0 Å². The Morgan fingerprint density at radius 2 is 1.59 bits per heavy atom. The predicted molar refractivity (Wildman–Crippen MR) is 93.9 cm³/mol. The third-order valence-corrected chi connectivity index (χ3v) is 4.54. The van der Waals surface area contributed by atoms with E-state index in [4.69, 9.17) is 4.98 Å². The first-order valence-corrected chi connectivity index (χ1v) is 8.59. The Morgan fingerprint density at radius 3 is 2.36 bits per heavy atom. The van der Waals surface area contributed by atoms with Crippen molar-refractivity contribution in [2.75, 3.05) is 0 Å². The minimum absolute atomic E-state index is 1.09. The van der Waals surface area contributed by atoms with E-state index in [1.807, 2.05) is 6.20 Å². The van der Waals surface area contributed by atoms with Crippen LogP contribution in [0.15, 0.2) is 48.2 Å². The molecule has 1 aliphatic rings. The average molecular weight is 291 g/mol. The number of aromatic nitrogens is 1. The summed E-state index contributed by atoms with van der Waals surface area (Å²) in [6, 6.07) is 13.2. The van der Waals surface area contributed by atoms with Gasteiger partial charge in [-0.15, -0.1) is 0 Å². The van der Waals surface area contributed by atoms with Crippen molar-refractivity contribution in [1.29, 1.82) is 0 Å². The Kier molecular flexibility index (Phi) is 4.72. The minimum atomic E-state index is 1.09. The third-order valence-electron chi connectivity index (χ3n) is 4.54. The van der Waals surface area contributed by atoms with Crippen molar-refractivity contribution in [3.8, 4) is 0 Å². The average Bonchev–Trinajstić information content (AvgIpc) is 2.71. The first kappa shape index (κ1) is 15.0. The lowest BCUT2D eigenvalue weighted by molar-refractivity contribution is 0.805. The van der Waals surface area contributed by atoms with Crippen molar-refractivity contribution < 1.29 is 0 Å². The van der Waals surface area contributed by atoms with Gasteiger partial charge in [-0.3, -0.25) is 4.98 Å².